The highest BCUT2D eigenvalue weighted by Gasteiger charge is 2.43. The van der Waals surface area contributed by atoms with Crippen LogP contribution in [0.3, 0.4) is 0 Å². The molecule has 1 fully saturated rings. The van der Waals surface area contributed by atoms with E-state index in [4.69, 9.17) is 0 Å². The topological polar surface area (TPSA) is 55.9 Å². The summed E-state index contributed by atoms with van der Waals surface area (Å²) in [6.07, 6.45) is 0. The van der Waals surface area contributed by atoms with Crippen LogP contribution in [0.1, 0.15) is 19.4 Å². The van der Waals surface area contributed by atoms with Gasteiger partial charge in [-0.15, -0.1) is 0 Å². The average molecular weight is 399 g/mol. The summed E-state index contributed by atoms with van der Waals surface area (Å²) in [5.74, 6) is -0.182. The minimum atomic E-state index is -0.911. The first-order valence-electron chi connectivity index (χ1n) is 9.64. The SMILES string of the molecule is CC1(C)C(=O)Nc2ccccc2N1C(=O)CN1CCN(Cc2ccsc2)CC1. The van der Waals surface area contributed by atoms with E-state index in [1.807, 2.05) is 24.3 Å². The number of amides is 2. The number of benzene rings is 1. The van der Waals surface area contributed by atoms with Crippen LogP contribution in [0.15, 0.2) is 41.1 Å². The van der Waals surface area contributed by atoms with Crippen molar-refractivity contribution in [3.05, 3.63) is 46.7 Å². The molecule has 3 heterocycles. The molecule has 0 aliphatic carbocycles. The quantitative estimate of drug-likeness (QED) is 0.860. The molecule has 7 heteroatoms. The zero-order valence-electron chi connectivity index (χ0n) is 16.4. The van der Waals surface area contributed by atoms with Crippen LogP contribution in [-0.4, -0.2) is 59.9 Å². The van der Waals surface area contributed by atoms with Gasteiger partial charge in [0.2, 0.25) is 11.8 Å². The molecule has 0 spiro atoms. The number of piperazine rings is 1. The van der Waals surface area contributed by atoms with Crippen LogP contribution in [0.2, 0.25) is 0 Å². The molecule has 2 aromatic rings. The van der Waals surface area contributed by atoms with Crippen molar-refractivity contribution in [2.75, 3.05) is 42.9 Å². The molecule has 1 saturated heterocycles. The second-order valence-electron chi connectivity index (χ2n) is 7.94. The van der Waals surface area contributed by atoms with Crippen molar-refractivity contribution in [3.63, 3.8) is 0 Å². The van der Waals surface area contributed by atoms with Crippen molar-refractivity contribution in [1.82, 2.24) is 9.80 Å². The molecule has 148 valence electrons. The molecule has 4 rings (SSSR count). The van der Waals surface area contributed by atoms with Gasteiger partial charge in [0.1, 0.15) is 5.54 Å². The van der Waals surface area contributed by atoms with Gasteiger partial charge in [-0.05, 0) is 48.4 Å². The lowest BCUT2D eigenvalue weighted by Gasteiger charge is -2.43. The Labute approximate surface area is 169 Å². The maximum Gasteiger partial charge on any atom is 0.250 e. The number of carbonyl (C=O) groups excluding carboxylic acids is 2. The maximum atomic E-state index is 13.2. The predicted molar refractivity (Wildman–Crippen MR) is 113 cm³/mol. The van der Waals surface area contributed by atoms with Gasteiger partial charge in [-0.2, -0.15) is 11.3 Å². The number of rotatable bonds is 4. The Kier molecular flexibility index (Phi) is 5.23. The fourth-order valence-corrected chi connectivity index (χ4v) is 4.57. The second-order valence-corrected chi connectivity index (χ2v) is 8.72. The van der Waals surface area contributed by atoms with E-state index in [0.717, 1.165) is 38.4 Å². The number of para-hydroxylation sites is 2. The first-order chi connectivity index (χ1) is 13.4. The van der Waals surface area contributed by atoms with Gasteiger partial charge < -0.3 is 5.32 Å². The van der Waals surface area contributed by atoms with Crippen molar-refractivity contribution >= 4 is 34.5 Å². The number of carbonyl (C=O) groups is 2. The largest absolute Gasteiger partial charge is 0.322 e. The Morgan fingerprint density at radius 2 is 1.82 bits per heavy atom. The van der Waals surface area contributed by atoms with Gasteiger partial charge in [0, 0.05) is 32.7 Å². The lowest BCUT2D eigenvalue weighted by molar-refractivity contribution is -0.127. The molecule has 6 nitrogen and oxygen atoms in total. The Morgan fingerprint density at radius 3 is 2.54 bits per heavy atom. The molecule has 0 bridgehead atoms. The monoisotopic (exact) mass is 398 g/mol. The van der Waals surface area contributed by atoms with Crippen LogP contribution in [-0.2, 0) is 16.1 Å². The van der Waals surface area contributed by atoms with Crippen molar-refractivity contribution in [2.45, 2.75) is 25.9 Å². The fraction of sp³-hybridized carbons (Fsp3) is 0.429. The first-order valence-corrected chi connectivity index (χ1v) is 10.6. The van der Waals surface area contributed by atoms with Gasteiger partial charge >= 0.3 is 0 Å². The summed E-state index contributed by atoms with van der Waals surface area (Å²) in [5.41, 5.74) is 1.91. The standard InChI is InChI=1S/C21H26N4O2S/c1-21(2)20(27)22-17-5-3-4-6-18(17)25(21)19(26)14-24-10-8-23(9-11-24)13-16-7-12-28-15-16/h3-7,12,15H,8-11,13-14H2,1-2H3,(H,22,27). The van der Waals surface area contributed by atoms with Crippen LogP contribution in [0.4, 0.5) is 11.4 Å². The van der Waals surface area contributed by atoms with E-state index in [1.165, 1.54) is 5.56 Å². The minimum absolute atomic E-state index is 0.0291. The van der Waals surface area contributed by atoms with Crippen molar-refractivity contribution in [1.29, 1.82) is 0 Å². The van der Waals surface area contributed by atoms with E-state index in [2.05, 4.69) is 31.9 Å². The van der Waals surface area contributed by atoms with E-state index in [1.54, 1.807) is 30.1 Å². The highest BCUT2D eigenvalue weighted by atomic mass is 32.1. The van der Waals surface area contributed by atoms with Crippen LogP contribution < -0.4 is 10.2 Å². The molecule has 0 unspecified atom stereocenters. The number of thiophene rings is 1. The van der Waals surface area contributed by atoms with Crippen molar-refractivity contribution < 1.29 is 9.59 Å². The molecular weight excluding hydrogens is 372 g/mol. The third-order valence-corrected chi connectivity index (χ3v) is 6.30. The van der Waals surface area contributed by atoms with E-state index in [-0.39, 0.29) is 11.8 Å². The van der Waals surface area contributed by atoms with Gasteiger partial charge in [-0.25, -0.2) is 0 Å². The predicted octanol–water partition coefficient (Wildman–Crippen LogP) is 2.63. The fourth-order valence-electron chi connectivity index (χ4n) is 3.91. The van der Waals surface area contributed by atoms with E-state index < -0.39 is 5.54 Å². The lowest BCUT2D eigenvalue weighted by Crippen LogP contribution is -2.61. The highest BCUT2D eigenvalue weighted by Crippen LogP contribution is 2.36. The molecule has 0 atom stereocenters. The summed E-state index contributed by atoms with van der Waals surface area (Å²) in [6.45, 7) is 8.52. The van der Waals surface area contributed by atoms with Gasteiger partial charge in [0.05, 0.1) is 17.9 Å². The average Bonchev–Trinajstić information content (AvgIpc) is 3.17. The zero-order chi connectivity index (χ0) is 19.7. The lowest BCUT2D eigenvalue weighted by atomic mass is 9.96. The third kappa shape index (κ3) is 3.70. The second kappa shape index (κ2) is 7.66. The van der Waals surface area contributed by atoms with E-state index in [9.17, 15) is 9.59 Å². The van der Waals surface area contributed by atoms with Crippen LogP contribution >= 0.6 is 11.3 Å². The molecule has 1 aromatic carbocycles. The third-order valence-electron chi connectivity index (χ3n) is 5.57. The summed E-state index contributed by atoms with van der Waals surface area (Å²) < 4.78 is 0. The Morgan fingerprint density at radius 1 is 1.11 bits per heavy atom. The molecule has 2 aliphatic heterocycles. The number of nitrogens with one attached hydrogen (secondary N) is 1. The number of anilines is 2. The minimum Gasteiger partial charge on any atom is -0.322 e. The molecule has 1 N–H and O–H groups in total. The Hall–Kier alpha value is -2.22. The zero-order valence-corrected chi connectivity index (χ0v) is 17.2. The molecule has 1 aromatic heterocycles. The van der Waals surface area contributed by atoms with Gasteiger partial charge in [0.15, 0.2) is 0 Å². The summed E-state index contributed by atoms with van der Waals surface area (Å²) in [7, 11) is 0. The summed E-state index contributed by atoms with van der Waals surface area (Å²) in [6, 6.07) is 9.67. The maximum absolute atomic E-state index is 13.2. The van der Waals surface area contributed by atoms with E-state index >= 15 is 0 Å². The van der Waals surface area contributed by atoms with Crippen LogP contribution in [0.25, 0.3) is 0 Å². The number of hydrogen-bond acceptors (Lipinski definition) is 5. The summed E-state index contributed by atoms with van der Waals surface area (Å²) >= 11 is 1.73. The Balaban J connectivity index is 1.41. The van der Waals surface area contributed by atoms with E-state index in [0.29, 0.717) is 12.2 Å². The van der Waals surface area contributed by atoms with Gasteiger partial charge in [-0.1, -0.05) is 12.1 Å². The van der Waals surface area contributed by atoms with Gasteiger partial charge in [-0.3, -0.25) is 24.3 Å². The molecule has 2 aliphatic rings. The smallest absolute Gasteiger partial charge is 0.250 e. The highest BCUT2D eigenvalue weighted by molar-refractivity contribution is 7.07. The molecular formula is C21H26N4O2S. The number of hydrogen-bond donors (Lipinski definition) is 1. The summed E-state index contributed by atoms with van der Waals surface area (Å²) in [4.78, 5) is 32.1. The molecule has 28 heavy (non-hydrogen) atoms. The molecule has 0 saturated carbocycles. The Bertz CT molecular complexity index is 857. The molecule has 2 amide bonds. The van der Waals surface area contributed by atoms with Gasteiger partial charge in [0.25, 0.3) is 0 Å². The first kappa shape index (κ1) is 19.1. The van der Waals surface area contributed by atoms with Crippen LogP contribution in [0, 0.1) is 0 Å². The number of nitrogens with zero attached hydrogens (tertiary/aromatic N) is 3. The van der Waals surface area contributed by atoms with Crippen molar-refractivity contribution in [3.8, 4) is 0 Å². The normalized spacial score (nSPS) is 19.9. The molecule has 0 radical (unpaired) electrons. The van der Waals surface area contributed by atoms with Crippen LogP contribution in [0.5, 0.6) is 0 Å². The number of fused-ring (bicyclic) bond motifs is 1. The van der Waals surface area contributed by atoms with Crippen molar-refractivity contribution in [2.24, 2.45) is 0 Å². The summed E-state index contributed by atoms with van der Waals surface area (Å²) in [5, 5.41) is 7.21.